The summed E-state index contributed by atoms with van der Waals surface area (Å²) >= 11 is 3.42. The van der Waals surface area contributed by atoms with Crippen molar-refractivity contribution < 1.29 is 9.15 Å². The van der Waals surface area contributed by atoms with Crippen molar-refractivity contribution in [3.05, 3.63) is 63.4 Å². The van der Waals surface area contributed by atoms with Crippen molar-refractivity contribution in [2.24, 2.45) is 0 Å². The molecule has 0 atom stereocenters. The molecule has 0 amide bonds. The predicted molar refractivity (Wildman–Crippen MR) is 86.8 cm³/mol. The Kier molecular flexibility index (Phi) is 3.80. The van der Waals surface area contributed by atoms with Crippen molar-refractivity contribution in [3.63, 3.8) is 0 Å². The Morgan fingerprint density at radius 3 is 2.38 bits per heavy atom. The van der Waals surface area contributed by atoms with Gasteiger partial charge in [-0.05, 0) is 30.7 Å². The summed E-state index contributed by atoms with van der Waals surface area (Å²) < 4.78 is 11.9. The molecule has 21 heavy (non-hydrogen) atoms. The van der Waals surface area contributed by atoms with Gasteiger partial charge in [-0.1, -0.05) is 46.3 Å². The molecule has 0 aliphatic carbocycles. The fourth-order valence-electron chi connectivity index (χ4n) is 2.30. The quantitative estimate of drug-likeness (QED) is 0.695. The summed E-state index contributed by atoms with van der Waals surface area (Å²) in [6.07, 6.45) is 0. The molecule has 1 aromatic heterocycles. The number of fused-ring (bicyclic) bond motifs is 1. The Hall–Kier alpha value is -2.07. The second-order valence-electron chi connectivity index (χ2n) is 4.54. The standard InChI is InChI=1S/C17H13BrO3/c1-2-20-17-15(11-7-9-12(18)10-8-11)13-5-3-4-6-14(13)16(19)21-17/h3-10H,2H2,1H3. The maximum atomic E-state index is 12.1. The Morgan fingerprint density at radius 1 is 1.05 bits per heavy atom. The average Bonchev–Trinajstić information content (AvgIpc) is 2.49. The Balaban J connectivity index is 2.37. The molecule has 0 unspecified atom stereocenters. The third kappa shape index (κ3) is 2.59. The van der Waals surface area contributed by atoms with Gasteiger partial charge < -0.3 is 9.15 Å². The first-order valence-electron chi connectivity index (χ1n) is 6.65. The molecule has 2 aromatic carbocycles. The highest BCUT2D eigenvalue weighted by atomic mass is 79.9. The van der Waals surface area contributed by atoms with E-state index in [1.165, 1.54) is 0 Å². The van der Waals surface area contributed by atoms with Crippen LogP contribution < -0.4 is 10.4 Å². The topological polar surface area (TPSA) is 39.4 Å². The second kappa shape index (κ2) is 5.74. The Bertz CT molecular complexity index is 835. The van der Waals surface area contributed by atoms with Crippen molar-refractivity contribution in [1.82, 2.24) is 0 Å². The van der Waals surface area contributed by atoms with Crippen molar-refractivity contribution in [2.75, 3.05) is 6.61 Å². The first-order chi connectivity index (χ1) is 10.2. The van der Waals surface area contributed by atoms with Crippen molar-refractivity contribution in [1.29, 1.82) is 0 Å². The average molecular weight is 345 g/mol. The van der Waals surface area contributed by atoms with E-state index in [1.54, 1.807) is 6.07 Å². The SMILES string of the molecule is CCOc1oc(=O)c2ccccc2c1-c1ccc(Br)cc1. The van der Waals surface area contributed by atoms with Crippen LogP contribution in [0, 0.1) is 0 Å². The van der Waals surface area contributed by atoms with Gasteiger partial charge in [-0.15, -0.1) is 0 Å². The van der Waals surface area contributed by atoms with Crippen LogP contribution in [0.2, 0.25) is 0 Å². The van der Waals surface area contributed by atoms with E-state index in [9.17, 15) is 4.79 Å². The van der Waals surface area contributed by atoms with E-state index in [4.69, 9.17) is 9.15 Å². The van der Waals surface area contributed by atoms with Crippen LogP contribution in [0.4, 0.5) is 0 Å². The molecule has 3 rings (SSSR count). The van der Waals surface area contributed by atoms with Crippen LogP contribution in [0.1, 0.15) is 6.92 Å². The van der Waals surface area contributed by atoms with Crippen LogP contribution in [0.25, 0.3) is 21.9 Å². The smallest absolute Gasteiger partial charge is 0.346 e. The maximum absolute atomic E-state index is 12.1. The van der Waals surface area contributed by atoms with Crippen LogP contribution in [0.5, 0.6) is 5.95 Å². The first kappa shape index (κ1) is 13.9. The third-order valence-corrected chi connectivity index (χ3v) is 3.74. The molecule has 3 nitrogen and oxygen atoms in total. The fourth-order valence-corrected chi connectivity index (χ4v) is 2.57. The molecule has 0 aliphatic heterocycles. The minimum atomic E-state index is -0.380. The van der Waals surface area contributed by atoms with Crippen molar-refractivity contribution in [3.8, 4) is 17.1 Å². The molecular formula is C17H13BrO3. The lowest BCUT2D eigenvalue weighted by atomic mass is 10.0. The summed E-state index contributed by atoms with van der Waals surface area (Å²) in [5.41, 5.74) is 1.37. The number of hydrogen-bond donors (Lipinski definition) is 0. The summed E-state index contributed by atoms with van der Waals surface area (Å²) in [6.45, 7) is 2.30. The van der Waals surface area contributed by atoms with Crippen molar-refractivity contribution in [2.45, 2.75) is 6.92 Å². The van der Waals surface area contributed by atoms with Crippen LogP contribution in [-0.2, 0) is 0 Å². The zero-order valence-corrected chi connectivity index (χ0v) is 13.0. The molecule has 3 aromatic rings. The molecule has 0 N–H and O–H groups in total. The van der Waals surface area contributed by atoms with Crippen molar-refractivity contribution >= 4 is 26.7 Å². The van der Waals surface area contributed by atoms with Crippen LogP contribution in [0.15, 0.2) is 62.2 Å². The number of ether oxygens (including phenoxy) is 1. The lowest BCUT2D eigenvalue weighted by Gasteiger charge is -2.11. The first-order valence-corrected chi connectivity index (χ1v) is 7.44. The van der Waals surface area contributed by atoms with Gasteiger partial charge in [0.2, 0.25) is 0 Å². The highest BCUT2D eigenvalue weighted by Gasteiger charge is 2.16. The number of benzene rings is 2. The second-order valence-corrected chi connectivity index (χ2v) is 5.45. The van der Waals surface area contributed by atoms with Gasteiger partial charge in [0, 0.05) is 9.86 Å². The van der Waals surface area contributed by atoms with Gasteiger partial charge in [-0.2, -0.15) is 0 Å². The molecule has 0 saturated heterocycles. The van der Waals surface area contributed by atoms with Gasteiger partial charge >= 0.3 is 5.63 Å². The fraction of sp³-hybridized carbons (Fsp3) is 0.118. The Morgan fingerprint density at radius 2 is 1.71 bits per heavy atom. The monoisotopic (exact) mass is 344 g/mol. The predicted octanol–water partition coefficient (Wildman–Crippen LogP) is 4.62. The highest BCUT2D eigenvalue weighted by molar-refractivity contribution is 9.10. The van der Waals surface area contributed by atoms with Crippen LogP contribution in [0.3, 0.4) is 0 Å². The molecule has 0 fully saturated rings. The zero-order chi connectivity index (χ0) is 14.8. The number of rotatable bonds is 3. The van der Waals surface area contributed by atoms with E-state index in [1.807, 2.05) is 49.4 Å². The van der Waals surface area contributed by atoms with Gasteiger partial charge in [0.1, 0.15) is 0 Å². The molecule has 0 saturated carbocycles. The summed E-state index contributed by atoms with van der Waals surface area (Å²) in [4.78, 5) is 12.1. The summed E-state index contributed by atoms with van der Waals surface area (Å²) in [6, 6.07) is 15.2. The summed E-state index contributed by atoms with van der Waals surface area (Å²) in [7, 11) is 0. The van der Waals surface area contributed by atoms with Gasteiger partial charge in [-0.3, -0.25) is 0 Å². The van der Waals surface area contributed by atoms with E-state index < -0.39 is 0 Å². The number of halogens is 1. The van der Waals surface area contributed by atoms with Gasteiger partial charge in [-0.25, -0.2) is 4.79 Å². The van der Waals surface area contributed by atoms with E-state index >= 15 is 0 Å². The summed E-state index contributed by atoms with van der Waals surface area (Å²) in [5, 5.41) is 1.39. The molecule has 0 aliphatic rings. The van der Waals surface area contributed by atoms with E-state index in [2.05, 4.69) is 15.9 Å². The lowest BCUT2D eigenvalue weighted by molar-refractivity contribution is 0.247. The molecule has 1 heterocycles. The van der Waals surface area contributed by atoms with E-state index in [0.29, 0.717) is 12.0 Å². The Labute approximate surface area is 130 Å². The molecular weight excluding hydrogens is 332 g/mol. The van der Waals surface area contributed by atoms with Crippen LogP contribution >= 0.6 is 15.9 Å². The maximum Gasteiger partial charge on any atom is 0.346 e. The summed E-state index contributed by atoms with van der Waals surface area (Å²) in [5.74, 6) is 0.267. The lowest BCUT2D eigenvalue weighted by Crippen LogP contribution is -2.04. The highest BCUT2D eigenvalue weighted by Crippen LogP contribution is 2.35. The molecule has 106 valence electrons. The normalized spacial score (nSPS) is 10.8. The largest absolute Gasteiger partial charge is 0.465 e. The minimum Gasteiger partial charge on any atom is -0.465 e. The number of hydrogen-bond acceptors (Lipinski definition) is 3. The molecule has 0 bridgehead atoms. The van der Waals surface area contributed by atoms with E-state index in [-0.39, 0.29) is 11.6 Å². The van der Waals surface area contributed by atoms with Gasteiger partial charge in [0.05, 0.1) is 17.6 Å². The molecule has 0 radical (unpaired) electrons. The zero-order valence-electron chi connectivity index (χ0n) is 11.4. The molecule has 4 heteroatoms. The van der Waals surface area contributed by atoms with E-state index in [0.717, 1.165) is 21.0 Å². The third-order valence-electron chi connectivity index (χ3n) is 3.21. The van der Waals surface area contributed by atoms with Crippen LogP contribution in [-0.4, -0.2) is 6.61 Å². The molecule has 0 spiro atoms. The minimum absolute atomic E-state index is 0.267. The van der Waals surface area contributed by atoms with Gasteiger partial charge in [0.25, 0.3) is 5.95 Å². The van der Waals surface area contributed by atoms with Gasteiger partial charge in [0.15, 0.2) is 0 Å².